The van der Waals surface area contributed by atoms with E-state index in [1.807, 2.05) is 0 Å². The van der Waals surface area contributed by atoms with Gasteiger partial charge in [-0.3, -0.25) is 0 Å². The first kappa shape index (κ1) is 7.00. The van der Waals surface area contributed by atoms with Crippen molar-refractivity contribution in [2.24, 2.45) is 0 Å². The molecular weight excluding hydrogens is 259 g/mol. The van der Waals surface area contributed by atoms with Crippen molar-refractivity contribution in [2.75, 3.05) is 0 Å². The molecule has 0 amide bonds. The van der Waals surface area contributed by atoms with Gasteiger partial charge in [0, 0.05) is 0 Å². The molecular formula is C12H15BFeO3. The van der Waals surface area contributed by atoms with Crippen molar-refractivity contribution in [2.45, 2.75) is 48.2 Å². The molecule has 0 unspecified atom stereocenters. The predicted molar refractivity (Wildman–Crippen MR) is 59.0 cm³/mol. The molecule has 1 spiro atoms. The van der Waals surface area contributed by atoms with Crippen LogP contribution in [0, 0.1) is 0 Å². The molecule has 3 nitrogen and oxygen atoms in total. The van der Waals surface area contributed by atoms with E-state index in [0.29, 0.717) is 0 Å². The van der Waals surface area contributed by atoms with Crippen molar-refractivity contribution in [1.82, 2.24) is 0 Å². The van der Waals surface area contributed by atoms with E-state index in [9.17, 15) is 0 Å². The molecule has 10 heterocycles. The summed E-state index contributed by atoms with van der Waals surface area (Å²) in [6, 6.07) is 0. The van der Waals surface area contributed by atoms with Gasteiger partial charge in [0.15, 0.2) is 0 Å². The fourth-order valence-electron chi connectivity index (χ4n) is 15.9. The van der Waals surface area contributed by atoms with Crippen molar-refractivity contribution in [3.63, 3.8) is 0 Å². The molecule has 2 N–H and O–H groups in total. The van der Waals surface area contributed by atoms with E-state index in [2.05, 4.69) is 11.2 Å². The Morgan fingerprint density at radius 2 is 1.12 bits per heavy atom. The van der Waals surface area contributed by atoms with Crippen LogP contribution in [0.4, 0.5) is 0 Å². The van der Waals surface area contributed by atoms with Crippen LogP contribution < -0.4 is 0 Å². The SMILES string of the molecule is C=COB(O)O.[CH]12[CH]3[CH]4[CH]5[CH]1[Fe]23451678[CH]2[CH]1[CH]6[CH]7[CH]28. The van der Waals surface area contributed by atoms with Crippen LogP contribution in [0.1, 0.15) is 0 Å². The van der Waals surface area contributed by atoms with Crippen LogP contribution in [-0.4, -0.2) is 17.4 Å². The summed E-state index contributed by atoms with van der Waals surface area (Å²) < 4.78 is 3.92. The Bertz CT molecular complexity index is 694. The molecule has 0 radical (unpaired) electrons. The molecule has 10 saturated heterocycles. The van der Waals surface area contributed by atoms with Crippen molar-refractivity contribution in [3.8, 4) is 0 Å². The summed E-state index contributed by atoms with van der Waals surface area (Å²) in [4.78, 5) is 15.9. The molecule has 0 aromatic heterocycles. The molecule has 10 aliphatic heterocycles. The van der Waals surface area contributed by atoms with Crippen LogP contribution in [0.25, 0.3) is 0 Å². The minimum atomic E-state index is -2.28. The Kier molecular flexibility index (Phi) is 0.233. The van der Waals surface area contributed by atoms with Crippen LogP contribution in [-0.2, 0) is 11.2 Å². The normalized spacial score (nSPS) is 113. The zero-order valence-electron chi connectivity index (χ0n) is 9.29. The summed E-state index contributed by atoms with van der Waals surface area (Å²) in [5, 5.41) is 15.6. The first-order valence-corrected chi connectivity index (χ1v) is 13.1. The second kappa shape index (κ2) is 0.567. The summed E-state index contributed by atoms with van der Waals surface area (Å²) >= 11 is 0. The first-order valence-electron chi connectivity index (χ1n) is 6.77. The quantitative estimate of drug-likeness (QED) is 0.600. The molecule has 0 aromatic rings. The molecule has 0 bridgehead atoms. The van der Waals surface area contributed by atoms with Crippen LogP contribution in [0.5, 0.6) is 0 Å². The average molecular weight is 274 g/mol. The fourth-order valence-corrected chi connectivity index (χ4v) is 88.1. The second-order valence-corrected chi connectivity index (χ2v) is 34.1. The first-order chi connectivity index (χ1) is 7.93. The number of rotatable bonds is 2. The van der Waals surface area contributed by atoms with Gasteiger partial charge in [-0.05, 0) is 0 Å². The van der Waals surface area contributed by atoms with E-state index in [1.165, 1.54) is 0 Å². The molecule has 5 heteroatoms. The zero-order valence-corrected chi connectivity index (χ0v) is 10.4. The minimum absolute atomic E-state index is 0.949. The van der Waals surface area contributed by atoms with E-state index in [0.717, 1.165) is 6.26 Å². The Balaban J connectivity index is 0.0000000947. The second-order valence-electron chi connectivity index (χ2n) is 10.2. The Labute approximate surface area is 89.7 Å². The summed E-state index contributed by atoms with van der Waals surface area (Å²) in [6.07, 6.45) is 0.949. The number of hydrogen-bond acceptors (Lipinski definition) is 3. The van der Waals surface area contributed by atoms with Gasteiger partial charge in [0.05, 0.1) is 6.26 Å². The van der Waals surface area contributed by atoms with Crippen LogP contribution in [0.15, 0.2) is 12.8 Å². The topological polar surface area (TPSA) is 49.7 Å². The summed E-state index contributed by atoms with van der Waals surface area (Å²) in [6.45, 7) is 0.775. The van der Waals surface area contributed by atoms with Gasteiger partial charge in [0.25, 0.3) is 0 Å². The van der Waals surface area contributed by atoms with Gasteiger partial charge < -0.3 is 14.7 Å². The van der Waals surface area contributed by atoms with Crippen LogP contribution in [0.2, 0.25) is 48.2 Å². The third kappa shape index (κ3) is 0.0768. The summed E-state index contributed by atoms with van der Waals surface area (Å²) in [5.41, 5.74) is 0. The molecule has 92 valence electrons. The van der Waals surface area contributed by atoms with Gasteiger partial charge in [0.1, 0.15) is 0 Å². The molecule has 0 aromatic carbocycles. The molecule has 0 atom stereocenters. The van der Waals surface area contributed by atoms with Crippen molar-refractivity contribution in [3.05, 3.63) is 12.8 Å². The predicted octanol–water partition coefficient (Wildman–Crippen LogP) is 2.49. The molecule has 10 fully saturated rings. The third-order valence-electron chi connectivity index (χ3n) is 14.8. The monoisotopic (exact) mass is 274 g/mol. The van der Waals surface area contributed by atoms with E-state index < -0.39 is 13.8 Å². The fraction of sp³-hybridized carbons (Fsp3) is 0.833. The van der Waals surface area contributed by atoms with Crippen molar-refractivity contribution >= 4 is 7.32 Å². The van der Waals surface area contributed by atoms with Gasteiger partial charge in [-0.25, -0.2) is 0 Å². The molecule has 17 heavy (non-hydrogen) atoms. The van der Waals surface area contributed by atoms with Crippen molar-refractivity contribution in [1.29, 1.82) is 0 Å². The van der Waals surface area contributed by atoms with Crippen molar-refractivity contribution < 1.29 is 21.2 Å². The van der Waals surface area contributed by atoms with Crippen LogP contribution >= 0.6 is 0 Å². The zero-order chi connectivity index (χ0) is 11.1. The maximum atomic E-state index is 7.81. The molecule has 0 aliphatic carbocycles. The Morgan fingerprint density at radius 3 is 1.12 bits per heavy atom. The number of hydrogen-bond donors (Lipinski definition) is 2. The Morgan fingerprint density at radius 1 is 0.824 bits per heavy atom. The Hall–Kier alpha value is 0.0444. The third-order valence-corrected chi connectivity index (χ3v) is 56.7. The van der Waals surface area contributed by atoms with Gasteiger partial charge in [-0.2, -0.15) is 0 Å². The van der Waals surface area contributed by atoms with Gasteiger partial charge in [-0.1, -0.05) is 6.58 Å². The number of fused-ring (bicyclic) bond motifs is 10. The van der Waals surface area contributed by atoms with Crippen LogP contribution in [0.3, 0.4) is 0 Å². The summed E-state index contributed by atoms with van der Waals surface area (Å²) in [5.74, 6) is 0. The van der Waals surface area contributed by atoms with E-state index in [-0.39, 0.29) is 0 Å². The van der Waals surface area contributed by atoms with Gasteiger partial charge >= 0.3 is 62.0 Å². The summed E-state index contributed by atoms with van der Waals surface area (Å²) in [7, 11) is -1.72. The van der Waals surface area contributed by atoms with E-state index in [4.69, 9.17) is 10.0 Å². The molecule has 10 rings (SSSR count). The van der Waals surface area contributed by atoms with E-state index in [1.54, 1.807) is 48.2 Å². The van der Waals surface area contributed by atoms with Gasteiger partial charge in [0.2, 0.25) is 0 Å². The average Bonchev–Trinajstić information content (AvgIpc) is 3.24. The molecule has 0 saturated carbocycles. The standard InChI is InChI=1S/2C5H5.C2H5BO3.Fe/c2*1-2-4-5-3-1;1-2-6-3(4)5;/h2*1-5H;2,4-5H,1H2;. The maximum absolute atomic E-state index is 7.81. The van der Waals surface area contributed by atoms with E-state index >= 15 is 0 Å². The molecule has 10 aliphatic rings. The van der Waals surface area contributed by atoms with Gasteiger partial charge in [-0.15, -0.1) is 0 Å².